The van der Waals surface area contributed by atoms with Gasteiger partial charge in [0.15, 0.2) is 17.3 Å². The lowest BCUT2D eigenvalue weighted by Gasteiger charge is -2.00. The highest BCUT2D eigenvalue weighted by atomic mass is 32.2. The van der Waals surface area contributed by atoms with Gasteiger partial charge in [0, 0.05) is 12.1 Å². The second-order valence-corrected chi connectivity index (χ2v) is 5.97. The van der Waals surface area contributed by atoms with E-state index in [0.29, 0.717) is 22.6 Å². The van der Waals surface area contributed by atoms with Crippen molar-refractivity contribution < 1.29 is 13.9 Å². The first-order chi connectivity index (χ1) is 11.8. The minimum absolute atomic E-state index is 0.232. The summed E-state index contributed by atoms with van der Waals surface area (Å²) in [6.45, 7) is 3.10. The fraction of sp³-hybridized carbons (Fsp3) is 0.357. The van der Waals surface area contributed by atoms with Crippen LogP contribution < -0.4 is 9.47 Å². The van der Waals surface area contributed by atoms with E-state index in [-0.39, 0.29) is 6.79 Å². The van der Waals surface area contributed by atoms with Gasteiger partial charge in [0.05, 0.1) is 5.75 Å². The van der Waals surface area contributed by atoms with Gasteiger partial charge in [0.2, 0.25) is 12.7 Å². The highest BCUT2D eigenvalue weighted by Gasteiger charge is 2.17. The molecule has 24 heavy (non-hydrogen) atoms. The van der Waals surface area contributed by atoms with Crippen molar-refractivity contribution in [3.05, 3.63) is 24.0 Å². The third-order valence-electron chi connectivity index (χ3n) is 3.39. The molecule has 124 valence electrons. The number of tetrazole rings is 1. The standard InChI is InChI=1S/C14H14N6O3S/c1-2-5-20-12(15-18-19-20)7-24-14-17-16-13(23-14)9-3-4-10-11(6-9)22-8-21-10/h3-4,6H,2,5,7-8H2,1H3. The Balaban J connectivity index is 1.46. The first-order valence-corrected chi connectivity index (χ1v) is 8.43. The molecule has 1 aliphatic heterocycles. The molecule has 10 heteroatoms. The predicted molar refractivity (Wildman–Crippen MR) is 83.5 cm³/mol. The number of aromatic nitrogens is 6. The van der Waals surface area contributed by atoms with E-state index in [1.807, 2.05) is 18.2 Å². The number of aryl methyl sites for hydroxylation is 1. The zero-order chi connectivity index (χ0) is 16.4. The molecule has 0 unspecified atom stereocenters. The number of ether oxygens (including phenoxy) is 2. The van der Waals surface area contributed by atoms with Gasteiger partial charge in [-0.1, -0.05) is 18.7 Å². The smallest absolute Gasteiger partial charge is 0.277 e. The Morgan fingerprint density at radius 2 is 2.08 bits per heavy atom. The van der Waals surface area contributed by atoms with Crippen LogP contribution in [0.4, 0.5) is 0 Å². The van der Waals surface area contributed by atoms with Crippen LogP contribution in [-0.4, -0.2) is 37.2 Å². The van der Waals surface area contributed by atoms with Crippen LogP contribution in [0.5, 0.6) is 11.5 Å². The topological polar surface area (TPSA) is 101 Å². The lowest BCUT2D eigenvalue weighted by molar-refractivity contribution is 0.174. The Bertz CT molecular complexity index is 849. The number of fused-ring (bicyclic) bond motifs is 1. The van der Waals surface area contributed by atoms with E-state index in [2.05, 4.69) is 32.6 Å². The van der Waals surface area contributed by atoms with Gasteiger partial charge in [-0.25, -0.2) is 4.68 Å². The largest absolute Gasteiger partial charge is 0.454 e. The Kier molecular flexibility index (Phi) is 4.03. The molecule has 0 spiro atoms. The van der Waals surface area contributed by atoms with Gasteiger partial charge in [-0.15, -0.1) is 15.3 Å². The van der Waals surface area contributed by atoms with E-state index in [1.54, 1.807) is 4.68 Å². The zero-order valence-corrected chi connectivity index (χ0v) is 13.7. The summed E-state index contributed by atoms with van der Waals surface area (Å²) in [6, 6.07) is 5.51. The summed E-state index contributed by atoms with van der Waals surface area (Å²) in [6.07, 6.45) is 0.970. The van der Waals surface area contributed by atoms with Gasteiger partial charge in [0.25, 0.3) is 5.22 Å². The first-order valence-electron chi connectivity index (χ1n) is 7.45. The van der Waals surface area contributed by atoms with E-state index in [4.69, 9.17) is 13.9 Å². The van der Waals surface area contributed by atoms with Crippen LogP contribution in [-0.2, 0) is 12.3 Å². The van der Waals surface area contributed by atoms with Gasteiger partial charge < -0.3 is 13.9 Å². The number of thioether (sulfide) groups is 1. The summed E-state index contributed by atoms with van der Waals surface area (Å²) in [5.41, 5.74) is 0.786. The summed E-state index contributed by atoms with van der Waals surface area (Å²) in [5.74, 6) is 3.18. The summed E-state index contributed by atoms with van der Waals surface area (Å²) >= 11 is 1.40. The van der Waals surface area contributed by atoms with Crippen LogP contribution in [0.25, 0.3) is 11.5 Å². The molecule has 0 radical (unpaired) electrons. The maximum Gasteiger partial charge on any atom is 0.277 e. The molecular weight excluding hydrogens is 332 g/mol. The second kappa shape index (κ2) is 6.48. The molecule has 9 nitrogen and oxygen atoms in total. The van der Waals surface area contributed by atoms with Crippen molar-refractivity contribution in [2.24, 2.45) is 0 Å². The molecule has 0 amide bonds. The normalized spacial score (nSPS) is 12.7. The third kappa shape index (κ3) is 2.92. The molecule has 0 aliphatic carbocycles. The maximum atomic E-state index is 5.69. The first kappa shape index (κ1) is 14.9. The van der Waals surface area contributed by atoms with Crippen molar-refractivity contribution >= 4 is 11.8 Å². The highest BCUT2D eigenvalue weighted by Crippen LogP contribution is 2.36. The van der Waals surface area contributed by atoms with E-state index in [9.17, 15) is 0 Å². The second-order valence-electron chi connectivity index (χ2n) is 5.05. The lowest BCUT2D eigenvalue weighted by Crippen LogP contribution is -2.04. The molecule has 0 bridgehead atoms. The van der Waals surface area contributed by atoms with E-state index in [0.717, 1.165) is 30.1 Å². The monoisotopic (exact) mass is 346 g/mol. The van der Waals surface area contributed by atoms with Crippen LogP contribution in [0.2, 0.25) is 0 Å². The Hall–Kier alpha value is -2.62. The number of hydrogen-bond donors (Lipinski definition) is 0. The molecule has 3 heterocycles. The minimum atomic E-state index is 0.232. The van der Waals surface area contributed by atoms with Crippen molar-refractivity contribution in [1.82, 2.24) is 30.4 Å². The van der Waals surface area contributed by atoms with Crippen molar-refractivity contribution in [2.45, 2.75) is 30.9 Å². The molecule has 3 aromatic rings. The maximum absolute atomic E-state index is 5.69. The average Bonchev–Trinajstić information content (AvgIpc) is 3.33. The fourth-order valence-electron chi connectivity index (χ4n) is 2.25. The SMILES string of the molecule is CCCn1nnnc1CSc1nnc(-c2ccc3c(c2)OCO3)o1. The Morgan fingerprint density at radius 3 is 3.00 bits per heavy atom. The van der Waals surface area contributed by atoms with Gasteiger partial charge in [-0.3, -0.25) is 0 Å². The number of hydrogen-bond acceptors (Lipinski definition) is 9. The minimum Gasteiger partial charge on any atom is -0.454 e. The van der Waals surface area contributed by atoms with Crippen molar-refractivity contribution in [3.8, 4) is 23.0 Å². The molecule has 0 N–H and O–H groups in total. The van der Waals surface area contributed by atoms with Crippen molar-refractivity contribution in [2.75, 3.05) is 6.79 Å². The van der Waals surface area contributed by atoms with Crippen molar-refractivity contribution in [3.63, 3.8) is 0 Å². The number of benzene rings is 1. The summed E-state index contributed by atoms with van der Waals surface area (Å²) in [5, 5.41) is 20.3. The van der Waals surface area contributed by atoms with Crippen LogP contribution >= 0.6 is 11.8 Å². The van der Waals surface area contributed by atoms with E-state index < -0.39 is 0 Å². The fourth-order valence-corrected chi connectivity index (χ4v) is 2.95. The molecule has 2 aromatic heterocycles. The molecule has 0 saturated carbocycles. The van der Waals surface area contributed by atoms with E-state index in [1.165, 1.54) is 11.8 Å². The third-order valence-corrected chi connectivity index (χ3v) is 4.21. The van der Waals surface area contributed by atoms with Gasteiger partial charge in [-0.05, 0) is 35.0 Å². The predicted octanol–water partition coefficient (Wildman–Crippen LogP) is 2.15. The van der Waals surface area contributed by atoms with Gasteiger partial charge >= 0.3 is 0 Å². The molecule has 1 aliphatic rings. The lowest BCUT2D eigenvalue weighted by atomic mass is 10.2. The highest BCUT2D eigenvalue weighted by molar-refractivity contribution is 7.98. The summed E-state index contributed by atoms with van der Waals surface area (Å²) in [7, 11) is 0. The zero-order valence-electron chi connectivity index (χ0n) is 12.9. The molecule has 1 aromatic carbocycles. The molecule has 4 rings (SSSR count). The quantitative estimate of drug-likeness (QED) is 0.621. The molecule has 0 atom stereocenters. The molecule has 0 fully saturated rings. The van der Waals surface area contributed by atoms with Crippen LogP contribution in [0.3, 0.4) is 0 Å². The van der Waals surface area contributed by atoms with Gasteiger partial charge in [0.1, 0.15) is 0 Å². The molecular formula is C14H14N6O3S. The Labute approximate surface area is 141 Å². The number of rotatable bonds is 6. The van der Waals surface area contributed by atoms with Crippen LogP contribution in [0.1, 0.15) is 19.2 Å². The summed E-state index contributed by atoms with van der Waals surface area (Å²) in [4.78, 5) is 0. The van der Waals surface area contributed by atoms with Gasteiger partial charge in [-0.2, -0.15) is 0 Å². The van der Waals surface area contributed by atoms with E-state index >= 15 is 0 Å². The van der Waals surface area contributed by atoms with Crippen LogP contribution in [0.15, 0.2) is 27.8 Å². The average molecular weight is 346 g/mol. The number of nitrogens with zero attached hydrogens (tertiary/aromatic N) is 6. The summed E-state index contributed by atoms with van der Waals surface area (Å²) < 4.78 is 18.1. The molecule has 0 saturated heterocycles. The van der Waals surface area contributed by atoms with Crippen LogP contribution in [0, 0.1) is 0 Å². The van der Waals surface area contributed by atoms with Crippen molar-refractivity contribution in [1.29, 1.82) is 0 Å². The Morgan fingerprint density at radius 1 is 1.17 bits per heavy atom.